The first-order valence-electron chi connectivity index (χ1n) is 11.5. The third-order valence-electron chi connectivity index (χ3n) is 5.84. The third-order valence-corrected chi connectivity index (χ3v) is 8.03. The molecule has 2 aromatic carbocycles. The Hall–Kier alpha value is -3.68. The van der Waals surface area contributed by atoms with Gasteiger partial charge in [-0.15, -0.1) is 0 Å². The fraction of sp³-hybridized carbons (Fsp3) is 0.333. The molecule has 0 N–H and O–H groups in total. The predicted octanol–water partition coefficient (Wildman–Crippen LogP) is 1.91. The topological polar surface area (TPSA) is 115 Å². The molecule has 37 heavy (non-hydrogen) atoms. The Labute approximate surface area is 217 Å². The zero-order valence-corrected chi connectivity index (χ0v) is 21.6. The number of aromatic nitrogens is 2. The maximum Gasteiger partial charge on any atom is 0.274 e. The number of ether oxygens (including phenoxy) is 5. The monoisotopic (exact) mass is 542 g/mol. The number of rotatable bonds is 4. The second kappa shape index (κ2) is 9.65. The van der Waals surface area contributed by atoms with Crippen molar-refractivity contribution >= 4 is 54.9 Å². The van der Waals surface area contributed by atoms with Crippen molar-refractivity contribution in [3.63, 3.8) is 0 Å². The smallest absolute Gasteiger partial charge is 0.274 e. The quantitative estimate of drug-likeness (QED) is 0.387. The average molecular weight is 543 g/mol. The zero-order chi connectivity index (χ0) is 25.5. The van der Waals surface area contributed by atoms with Crippen molar-refractivity contribution in [2.24, 2.45) is 24.1 Å². The molecule has 11 nitrogen and oxygen atoms in total. The number of amides is 2. The van der Waals surface area contributed by atoms with Crippen molar-refractivity contribution in [3.05, 3.63) is 33.9 Å². The van der Waals surface area contributed by atoms with E-state index in [0.29, 0.717) is 59.0 Å². The average Bonchev–Trinajstić information content (AvgIpc) is 3.36. The van der Waals surface area contributed by atoms with Crippen LogP contribution in [0.2, 0.25) is 0 Å². The van der Waals surface area contributed by atoms with Gasteiger partial charge in [0.1, 0.15) is 39.6 Å². The van der Waals surface area contributed by atoms with Gasteiger partial charge in [-0.3, -0.25) is 9.59 Å². The van der Waals surface area contributed by atoms with Gasteiger partial charge in [0.25, 0.3) is 11.8 Å². The van der Waals surface area contributed by atoms with Crippen LogP contribution in [-0.2, 0) is 28.4 Å². The van der Waals surface area contributed by atoms with Gasteiger partial charge in [0.05, 0.1) is 20.4 Å². The van der Waals surface area contributed by atoms with Gasteiger partial charge in [-0.05, 0) is 0 Å². The van der Waals surface area contributed by atoms with Gasteiger partial charge in [0.2, 0.25) is 0 Å². The number of aryl methyl sites for hydroxylation is 2. The van der Waals surface area contributed by atoms with Crippen LogP contribution in [0.15, 0.2) is 34.3 Å². The summed E-state index contributed by atoms with van der Waals surface area (Å²) in [5.41, 5.74) is 1.76. The van der Waals surface area contributed by atoms with E-state index >= 15 is 0 Å². The molecule has 0 atom stereocenters. The van der Waals surface area contributed by atoms with Crippen LogP contribution >= 0.6 is 22.7 Å². The van der Waals surface area contributed by atoms with Crippen LogP contribution in [0, 0.1) is 0 Å². The van der Waals surface area contributed by atoms with Crippen molar-refractivity contribution in [2.75, 3.05) is 39.6 Å². The van der Waals surface area contributed by atoms with E-state index in [-0.39, 0.29) is 13.2 Å². The molecule has 0 unspecified atom stereocenters. The van der Waals surface area contributed by atoms with Crippen LogP contribution in [0.5, 0.6) is 23.0 Å². The summed E-state index contributed by atoms with van der Waals surface area (Å²) in [6.45, 7) is 1.33. The van der Waals surface area contributed by atoms with Crippen molar-refractivity contribution in [2.45, 2.75) is 0 Å². The molecule has 13 heteroatoms. The number of fused-ring (bicyclic) bond motifs is 4. The number of carbonyl (C=O) groups is 2. The minimum absolute atomic E-state index is 0.335. The molecule has 0 aliphatic carbocycles. The minimum Gasteiger partial charge on any atom is -0.486 e. The number of carbonyl (C=O) groups excluding carboxylic acids is 2. The van der Waals surface area contributed by atoms with Gasteiger partial charge in [-0.1, -0.05) is 22.7 Å². The molecular weight excluding hydrogens is 520 g/mol. The van der Waals surface area contributed by atoms with Crippen molar-refractivity contribution in [1.29, 1.82) is 0 Å². The molecule has 2 aliphatic rings. The highest BCUT2D eigenvalue weighted by molar-refractivity contribution is 7.16. The highest BCUT2D eigenvalue weighted by atomic mass is 32.1. The lowest BCUT2D eigenvalue weighted by molar-refractivity contribution is -0.127. The van der Waals surface area contributed by atoms with E-state index in [9.17, 15) is 9.59 Å². The Morgan fingerprint density at radius 2 is 1.11 bits per heavy atom. The minimum atomic E-state index is -0.495. The summed E-state index contributed by atoms with van der Waals surface area (Å²) in [5.74, 6) is 1.71. The molecule has 6 rings (SSSR count). The fourth-order valence-electron chi connectivity index (χ4n) is 4.05. The molecule has 2 amide bonds. The first kappa shape index (κ1) is 23.7. The lowest BCUT2D eigenvalue weighted by Gasteiger charge is -2.18. The Kier molecular flexibility index (Phi) is 6.18. The first-order valence-corrected chi connectivity index (χ1v) is 13.1. The fourth-order valence-corrected chi connectivity index (χ4v) is 6.14. The SMILES string of the molecule is Cn1c(=NC(=O)COCC(=O)N=c2sc3cc4c(cc3n2C)OCCO4)sc2cc3c(cc21)OCCO3. The lowest BCUT2D eigenvalue weighted by Crippen LogP contribution is -2.19. The Morgan fingerprint density at radius 1 is 0.730 bits per heavy atom. The number of nitrogens with zero attached hydrogens (tertiary/aromatic N) is 4. The third kappa shape index (κ3) is 4.61. The summed E-state index contributed by atoms with van der Waals surface area (Å²) >= 11 is 2.72. The van der Waals surface area contributed by atoms with Crippen LogP contribution < -0.4 is 28.6 Å². The number of hydrogen-bond acceptors (Lipinski definition) is 9. The Balaban J connectivity index is 1.13. The molecule has 4 heterocycles. The summed E-state index contributed by atoms with van der Waals surface area (Å²) < 4.78 is 33.3. The lowest BCUT2D eigenvalue weighted by atomic mass is 10.3. The molecule has 4 aromatic rings. The van der Waals surface area contributed by atoms with E-state index < -0.39 is 11.8 Å². The molecule has 0 saturated carbocycles. The zero-order valence-electron chi connectivity index (χ0n) is 20.0. The Morgan fingerprint density at radius 3 is 1.51 bits per heavy atom. The Bertz CT molecular complexity index is 1570. The van der Waals surface area contributed by atoms with Gasteiger partial charge < -0.3 is 32.8 Å². The van der Waals surface area contributed by atoms with Gasteiger partial charge >= 0.3 is 0 Å². The maximum atomic E-state index is 12.4. The maximum absolute atomic E-state index is 12.4. The standard InChI is InChI=1S/C24H22N4O7S2/c1-27-13-7-15-17(34-5-3-32-15)9-19(13)36-23(27)25-21(29)11-31-12-22(30)26-24-28(2)14-8-16-18(10-20(14)37-24)35-6-4-33-16/h7-10H,3-6,11-12H2,1-2H3. The summed E-state index contributed by atoms with van der Waals surface area (Å²) in [4.78, 5) is 34.2. The molecule has 0 saturated heterocycles. The molecule has 192 valence electrons. The van der Waals surface area contributed by atoms with E-state index in [0.717, 1.165) is 20.4 Å². The summed E-state index contributed by atoms with van der Waals surface area (Å²) in [6, 6.07) is 7.53. The van der Waals surface area contributed by atoms with Crippen molar-refractivity contribution in [3.8, 4) is 23.0 Å². The van der Waals surface area contributed by atoms with Crippen LogP contribution in [0.4, 0.5) is 0 Å². The molecule has 0 fully saturated rings. The highest BCUT2D eigenvalue weighted by Gasteiger charge is 2.17. The van der Waals surface area contributed by atoms with Gasteiger partial charge in [0, 0.05) is 38.4 Å². The highest BCUT2D eigenvalue weighted by Crippen LogP contribution is 2.36. The second-order valence-corrected chi connectivity index (χ2v) is 10.3. The summed E-state index contributed by atoms with van der Waals surface area (Å²) in [6.07, 6.45) is 0. The summed E-state index contributed by atoms with van der Waals surface area (Å²) in [7, 11) is 3.65. The van der Waals surface area contributed by atoms with E-state index in [1.807, 2.05) is 47.5 Å². The number of thiazole rings is 2. The van der Waals surface area contributed by atoms with Gasteiger partial charge in [-0.2, -0.15) is 9.98 Å². The second-order valence-electron chi connectivity index (χ2n) is 8.32. The number of benzene rings is 2. The van der Waals surface area contributed by atoms with E-state index in [1.165, 1.54) is 22.7 Å². The van der Waals surface area contributed by atoms with Gasteiger partial charge in [0.15, 0.2) is 32.6 Å². The summed E-state index contributed by atoms with van der Waals surface area (Å²) in [5, 5.41) is 0. The van der Waals surface area contributed by atoms with E-state index in [2.05, 4.69) is 9.98 Å². The van der Waals surface area contributed by atoms with Crippen molar-refractivity contribution in [1.82, 2.24) is 9.13 Å². The molecule has 0 spiro atoms. The molecule has 2 aliphatic heterocycles. The molecular formula is C24H22N4O7S2. The van der Waals surface area contributed by atoms with Crippen molar-refractivity contribution < 1.29 is 33.3 Å². The van der Waals surface area contributed by atoms with Crippen LogP contribution in [-0.4, -0.2) is 60.6 Å². The van der Waals surface area contributed by atoms with Crippen LogP contribution in [0.25, 0.3) is 20.4 Å². The molecule has 0 bridgehead atoms. The van der Waals surface area contributed by atoms with Crippen LogP contribution in [0.3, 0.4) is 0 Å². The first-order chi connectivity index (χ1) is 18.0. The van der Waals surface area contributed by atoms with Gasteiger partial charge in [-0.25, -0.2) is 0 Å². The van der Waals surface area contributed by atoms with Crippen LogP contribution in [0.1, 0.15) is 0 Å². The number of hydrogen-bond donors (Lipinski definition) is 0. The largest absolute Gasteiger partial charge is 0.486 e. The normalized spacial score (nSPS) is 15.5. The van der Waals surface area contributed by atoms with E-state index in [1.54, 1.807) is 0 Å². The molecule has 0 radical (unpaired) electrons. The van der Waals surface area contributed by atoms with E-state index in [4.69, 9.17) is 23.7 Å². The predicted molar refractivity (Wildman–Crippen MR) is 136 cm³/mol. The molecule has 2 aromatic heterocycles.